The zero-order chi connectivity index (χ0) is 48.3. The molecule has 0 aromatic rings. The molecule has 0 aromatic carbocycles. The van der Waals surface area contributed by atoms with Gasteiger partial charge in [-0.25, -0.2) is 4.79 Å². The van der Waals surface area contributed by atoms with Gasteiger partial charge in [0.1, 0.15) is 36.3 Å². The average Bonchev–Trinajstić information content (AvgIpc) is 3.92. The molecule has 0 aliphatic carbocycles. The third kappa shape index (κ3) is 18.0. The number of nitrogens with zero attached hydrogens (tertiary/aromatic N) is 2. The van der Waals surface area contributed by atoms with Gasteiger partial charge in [0.15, 0.2) is 0 Å². The van der Waals surface area contributed by atoms with Gasteiger partial charge in [0.2, 0.25) is 47.3 Å². The quantitative estimate of drug-likeness (QED) is 0.0411. The summed E-state index contributed by atoms with van der Waals surface area (Å²) in [6.07, 6.45) is 2.43. The summed E-state index contributed by atoms with van der Waals surface area (Å²) in [7, 11) is 0. The van der Waals surface area contributed by atoms with Crippen LogP contribution >= 0.6 is 0 Å². The highest BCUT2D eigenvalue weighted by Crippen LogP contribution is 2.25. The van der Waals surface area contributed by atoms with Gasteiger partial charge < -0.3 is 63.4 Å². The molecular formula is C42H72N10O12. The second kappa shape index (κ2) is 27.1. The first-order valence-electron chi connectivity index (χ1n) is 22.3. The third-order valence-electron chi connectivity index (χ3n) is 11.0. The molecule has 7 atom stereocenters. The Balaban J connectivity index is 2.15. The van der Waals surface area contributed by atoms with Crippen LogP contribution < -0.4 is 43.4 Å². The first-order valence-corrected chi connectivity index (χ1v) is 22.3. The average molecular weight is 909 g/mol. The number of carbonyl (C=O) groups excluding carboxylic acids is 8. The van der Waals surface area contributed by atoms with Gasteiger partial charge in [-0.3, -0.25) is 43.2 Å². The van der Waals surface area contributed by atoms with Crippen molar-refractivity contribution in [1.29, 1.82) is 0 Å². The lowest BCUT2D eigenvalue weighted by Crippen LogP contribution is -2.58. The van der Waals surface area contributed by atoms with E-state index in [0.29, 0.717) is 58.0 Å². The summed E-state index contributed by atoms with van der Waals surface area (Å²) in [5.74, 6) is -8.22. The monoisotopic (exact) mass is 909 g/mol. The van der Waals surface area contributed by atoms with Crippen LogP contribution in [0.5, 0.6) is 0 Å². The Morgan fingerprint density at radius 1 is 0.641 bits per heavy atom. The number of nitrogens with two attached hydrogens (primary N) is 2. The Labute approximate surface area is 374 Å². The number of nitrogens with one attached hydrogen (secondary N) is 6. The van der Waals surface area contributed by atoms with Crippen LogP contribution in [-0.4, -0.2) is 154 Å². The molecule has 0 unspecified atom stereocenters. The molecule has 64 heavy (non-hydrogen) atoms. The van der Waals surface area contributed by atoms with E-state index in [1.807, 2.05) is 27.7 Å². The number of hydrogen-bond acceptors (Lipinski definition) is 12. The van der Waals surface area contributed by atoms with Crippen LogP contribution in [0.3, 0.4) is 0 Å². The standard InChI is InChI=1S/C42H72N10O12/c1-23(2)19-26(44)36(57)46-22-33(54)51-17-10-13-31(51)41(62)52-18-9-12-30(52)40(61)49-29(20-24(3)4)39(60)48-27(11-7-8-16-43)37(58)45-21-32(53)47-28(14-15-34(55)56)38(59)50-35(25(5)6)42(63)64/h23-31,35H,7-22,43-44H2,1-6H3,(H,45,58)(H,46,57)(H,47,53)(H,48,60)(H,49,61)(H,50,59)(H,55,56)(H,63,64)/t26-,27-,28-,29-,30-,31-,35-/m0/s1. The normalized spacial score (nSPS) is 18.4. The summed E-state index contributed by atoms with van der Waals surface area (Å²) in [5, 5.41) is 33.8. The molecule has 22 nitrogen and oxygen atoms in total. The lowest BCUT2D eigenvalue weighted by Gasteiger charge is -2.32. The number of unbranched alkanes of at least 4 members (excludes halogenated alkanes) is 1. The van der Waals surface area contributed by atoms with Crippen molar-refractivity contribution < 1.29 is 58.2 Å². The molecule has 362 valence electrons. The molecule has 2 fully saturated rings. The molecule has 0 spiro atoms. The molecule has 22 heteroatoms. The Bertz CT molecular complexity index is 1660. The van der Waals surface area contributed by atoms with E-state index in [1.54, 1.807) is 13.8 Å². The van der Waals surface area contributed by atoms with Crippen LogP contribution in [0.25, 0.3) is 0 Å². The van der Waals surface area contributed by atoms with Gasteiger partial charge in [0.05, 0.1) is 19.1 Å². The van der Waals surface area contributed by atoms with Gasteiger partial charge in [0.25, 0.3) is 0 Å². The number of rotatable bonds is 27. The van der Waals surface area contributed by atoms with Gasteiger partial charge in [0, 0.05) is 19.5 Å². The van der Waals surface area contributed by atoms with E-state index in [1.165, 1.54) is 9.80 Å². The van der Waals surface area contributed by atoms with Gasteiger partial charge >= 0.3 is 11.9 Å². The highest BCUT2D eigenvalue weighted by molar-refractivity contribution is 5.97. The fourth-order valence-electron chi connectivity index (χ4n) is 7.67. The third-order valence-corrected chi connectivity index (χ3v) is 11.0. The molecule has 0 bridgehead atoms. The minimum absolute atomic E-state index is 0.101. The van der Waals surface area contributed by atoms with E-state index in [0.717, 1.165) is 0 Å². The molecule has 0 aromatic heterocycles. The van der Waals surface area contributed by atoms with Crippen molar-refractivity contribution in [3.05, 3.63) is 0 Å². The van der Waals surface area contributed by atoms with E-state index in [9.17, 15) is 58.2 Å². The lowest BCUT2D eigenvalue weighted by atomic mass is 10.0. The van der Waals surface area contributed by atoms with E-state index < -0.39 is 120 Å². The van der Waals surface area contributed by atoms with Crippen molar-refractivity contribution in [2.75, 3.05) is 32.7 Å². The van der Waals surface area contributed by atoms with Crippen LogP contribution in [0, 0.1) is 17.8 Å². The second-order valence-corrected chi connectivity index (χ2v) is 17.8. The van der Waals surface area contributed by atoms with Gasteiger partial charge in [-0.2, -0.15) is 0 Å². The van der Waals surface area contributed by atoms with Gasteiger partial charge in [-0.15, -0.1) is 0 Å². The van der Waals surface area contributed by atoms with E-state index in [-0.39, 0.29) is 44.2 Å². The number of aliphatic carboxylic acids is 2. The molecule has 2 heterocycles. The molecule has 2 aliphatic rings. The summed E-state index contributed by atoms with van der Waals surface area (Å²) < 4.78 is 0. The maximum absolute atomic E-state index is 14.0. The summed E-state index contributed by atoms with van der Waals surface area (Å²) in [6.45, 7) is 10.5. The van der Waals surface area contributed by atoms with E-state index in [4.69, 9.17) is 11.5 Å². The minimum atomic E-state index is -1.44. The predicted octanol–water partition coefficient (Wildman–Crippen LogP) is -1.71. The van der Waals surface area contributed by atoms with Crippen LogP contribution in [0.15, 0.2) is 0 Å². The largest absolute Gasteiger partial charge is 0.481 e. The highest BCUT2D eigenvalue weighted by atomic mass is 16.4. The minimum Gasteiger partial charge on any atom is -0.481 e. The number of carboxylic acids is 2. The molecule has 12 N–H and O–H groups in total. The SMILES string of the molecule is CC(C)C[C@H](NC(=O)[C@@H]1CCCN1C(=O)[C@@H]1CCCN1C(=O)CNC(=O)[C@@H](N)CC(C)C)C(=O)N[C@@H](CCCCN)C(=O)NCC(=O)N[C@@H](CCC(=O)O)C(=O)N[C@H](C(=O)O)C(C)C. The Hall–Kier alpha value is -5.38. The Morgan fingerprint density at radius 3 is 1.80 bits per heavy atom. The number of hydrogen-bond donors (Lipinski definition) is 10. The second-order valence-electron chi connectivity index (χ2n) is 17.8. The maximum Gasteiger partial charge on any atom is 0.326 e. The van der Waals surface area contributed by atoms with Crippen LogP contribution in [0.2, 0.25) is 0 Å². The molecule has 2 aliphatic heterocycles. The van der Waals surface area contributed by atoms with Crippen molar-refractivity contribution in [3.8, 4) is 0 Å². The summed E-state index contributed by atoms with van der Waals surface area (Å²) >= 11 is 0. The molecule has 2 saturated heterocycles. The first-order chi connectivity index (χ1) is 30.1. The molecule has 2 rings (SSSR count). The first kappa shape index (κ1) is 54.8. The van der Waals surface area contributed by atoms with E-state index >= 15 is 0 Å². The van der Waals surface area contributed by atoms with Gasteiger partial charge in [-0.05, 0) is 88.5 Å². The van der Waals surface area contributed by atoms with Gasteiger partial charge in [-0.1, -0.05) is 41.5 Å². The van der Waals surface area contributed by atoms with Crippen LogP contribution in [0.1, 0.15) is 112 Å². The smallest absolute Gasteiger partial charge is 0.326 e. The van der Waals surface area contributed by atoms with Crippen molar-refractivity contribution in [2.45, 2.75) is 154 Å². The van der Waals surface area contributed by atoms with E-state index in [2.05, 4.69) is 31.9 Å². The van der Waals surface area contributed by atoms with Crippen molar-refractivity contribution in [3.63, 3.8) is 0 Å². The number of likely N-dealkylation sites (tertiary alicyclic amines) is 2. The summed E-state index contributed by atoms with van der Waals surface area (Å²) in [6, 6.07) is -7.64. The summed E-state index contributed by atoms with van der Waals surface area (Å²) in [5.41, 5.74) is 11.6. The number of amides is 8. The zero-order valence-electron chi connectivity index (χ0n) is 38.1. The Kier molecular flexibility index (Phi) is 23.2. The molecule has 8 amide bonds. The molecule has 0 saturated carbocycles. The lowest BCUT2D eigenvalue weighted by molar-refractivity contribution is -0.147. The zero-order valence-corrected chi connectivity index (χ0v) is 38.1. The number of carbonyl (C=O) groups is 10. The predicted molar refractivity (Wildman–Crippen MR) is 232 cm³/mol. The maximum atomic E-state index is 14.0. The fourth-order valence-corrected chi connectivity index (χ4v) is 7.67. The van der Waals surface area contributed by atoms with Crippen molar-refractivity contribution in [2.24, 2.45) is 29.2 Å². The van der Waals surface area contributed by atoms with Crippen LogP contribution in [0.4, 0.5) is 0 Å². The Morgan fingerprint density at radius 2 is 1.22 bits per heavy atom. The number of carboxylic acid groups (broad SMARTS) is 2. The van der Waals surface area contributed by atoms with Crippen molar-refractivity contribution >= 4 is 59.2 Å². The molecular weight excluding hydrogens is 837 g/mol. The summed E-state index contributed by atoms with van der Waals surface area (Å²) in [4.78, 5) is 133. The fraction of sp³-hybridized carbons (Fsp3) is 0.762. The topological polar surface area (TPSA) is 342 Å². The van der Waals surface area contributed by atoms with Crippen molar-refractivity contribution in [1.82, 2.24) is 41.7 Å². The highest BCUT2D eigenvalue weighted by Gasteiger charge is 2.43. The van der Waals surface area contributed by atoms with Crippen LogP contribution in [-0.2, 0) is 47.9 Å². The molecule has 0 radical (unpaired) electrons.